The van der Waals surface area contributed by atoms with E-state index in [1.54, 1.807) is 11.8 Å². The number of imidazole rings is 1. The Morgan fingerprint density at radius 1 is 1.32 bits per heavy atom. The van der Waals surface area contributed by atoms with Gasteiger partial charge in [-0.3, -0.25) is 0 Å². The quantitative estimate of drug-likeness (QED) is 0.569. The number of hydrogen-bond donors (Lipinski definition) is 2. The van der Waals surface area contributed by atoms with Crippen LogP contribution < -0.4 is 5.32 Å². The molecule has 2 aromatic rings. The van der Waals surface area contributed by atoms with E-state index in [9.17, 15) is 0 Å². The molecule has 0 bridgehead atoms. The Balaban J connectivity index is 1.76. The molecule has 0 aliphatic heterocycles. The van der Waals surface area contributed by atoms with Gasteiger partial charge in [0.25, 0.3) is 0 Å². The lowest BCUT2D eigenvalue weighted by atomic mass is 10.2. The maximum absolute atomic E-state index is 4.59. The smallest absolute Gasteiger partial charge is 0.166 e. The highest BCUT2D eigenvalue weighted by Gasteiger charge is 2.08. The second-order valence-corrected chi connectivity index (χ2v) is 6.33. The highest BCUT2D eigenvalue weighted by molar-refractivity contribution is 7.99. The molecule has 104 valence electrons. The number of nitrogens with zero attached hydrogens (tertiary/aromatic N) is 1. The van der Waals surface area contributed by atoms with Gasteiger partial charge in [-0.05, 0) is 25.1 Å². The van der Waals surface area contributed by atoms with Crippen molar-refractivity contribution < 1.29 is 0 Å². The van der Waals surface area contributed by atoms with Crippen molar-refractivity contribution in [2.45, 2.75) is 43.5 Å². The normalized spacial score (nSPS) is 12.9. The zero-order valence-electron chi connectivity index (χ0n) is 11.8. The van der Waals surface area contributed by atoms with Crippen LogP contribution in [0.4, 0.5) is 0 Å². The molecule has 0 saturated carbocycles. The van der Waals surface area contributed by atoms with Crippen LogP contribution in [0, 0.1) is 0 Å². The van der Waals surface area contributed by atoms with E-state index in [4.69, 9.17) is 0 Å². The predicted octanol–water partition coefficient (Wildman–Crippen LogP) is 3.82. The van der Waals surface area contributed by atoms with Crippen LogP contribution in [0.5, 0.6) is 0 Å². The summed E-state index contributed by atoms with van der Waals surface area (Å²) in [7, 11) is 0. The van der Waals surface area contributed by atoms with E-state index in [1.165, 1.54) is 19.3 Å². The topological polar surface area (TPSA) is 40.7 Å². The first kappa shape index (κ1) is 14.4. The summed E-state index contributed by atoms with van der Waals surface area (Å²) >= 11 is 1.80. The van der Waals surface area contributed by atoms with Crippen LogP contribution in [-0.4, -0.2) is 28.3 Å². The number of thioether (sulfide) groups is 1. The Morgan fingerprint density at radius 2 is 2.16 bits per heavy atom. The van der Waals surface area contributed by atoms with Gasteiger partial charge < -0.3 is 10.3 Å². The van der Waals surface area contributed by atoms with Crippen molar-refractivity contribution >= 4 is 22.8 Å². The molecule has 0 radical (unpaired) electrons. The third-order valence-corrected chi connectivity index (χ3v) is 4.06. The van der Waals surface area contributed by atoms with Crippen LogP contribution in [0.15, 0.2) is 29.4 Å². The van der Waals surface area contributed by atoms with Gasteiger partial charge in [0.05, 0.1) is 11.0 Å². The fourth-order valence-corrected chi connectivity index (χ4v) is 2.93. The van der Waals surface area contributed by atoms with Crippen molar-refractivity contribution in [3.8, 4) is 0 Å². The molecule has 1 unspecified atom stereocenters. The van der Waals surface area contributed by atoms with Gasteiger partial charge in [0, 0.05) is 11.8 Å². The molecule has 0 saturated heterocycles. The van der Waals surface area contributed by atoms with Crippen molar-refractivity contribution in [2.75, 3.05) is 13.1 Å². The number of aromatic amines is 1. The van der Waals surface area contributed by atoms with Gasteiger partial charge in [-0.15, -0.1) is 0 Å². The Kier molecular flexibility index (Phi) is 5.73. The maximum Gasteiger partial charge on any atom is 0.166 e. The molecule has 1 heterocycles. The average molecular weight is 277 g/mol. The number of aromatic nitrogens is 2. The Bertz CT molecular complexity index is 462. The first-order chi connectivity index (χ1) is 9.29. The summed E-state index contributed by atoms with van der Waals surface area (Å²) < 4.78 is 0. The van der Waals surface area contributed by atoms with Crippen molar-refractivity contribution in [1.29, 1.82) is 0 Å². The molecular formula is C15H23N3S. The number of rotatable bonds is 8. The third-order valence-electron chi connectivity index (χ3n) is 3.07. The zero-order chi connectivity index (χ0) is 13.5. The van der Waals surface area contributed by atoms with Crippen LogP contribution in [0.3, 0.4) is 0 Å². The molecule has 1 aromatic carbocycles. The minimum Gasteiger partial charge on any atom is -0.333 e. The van der Waals surface area contributed by atoms with Crippen LogP contribution >= 0.6 is 11.8 Å². The average Bonchev–Trinajstić information content (AvgIpc) is 2.80. The van der Waals surface area contributed by atoms with Crippen molar-refractivity contribution in [3.63, 3.8) is 0 Å². The Hall–Kier alpha value is -1.00. The lowest BCUT2D eigenvalue weighted by molar-refractivity contribution is 0.615. The van der Waals surface area contributed by atoms with Crippen LogP contribution in [0.25, 0.3) is 11.0 Å². The molecule has 0 amide bonds. The first-order valence-corrected chi connectivity index (χ1v) is 7.99. The number of para-hydroxylation sites is 2. The van der Waals surface area contributed by atoms with E-state index in [2.05, 4.69) is 35.2 Å². The number of unbranched alkanes of at least 4 members (excludes halogenated alkanes) is 2. The van der Waals surface area contributed by atoms with E-state index < -0.39 is 0 Å². The minimum absolute atomic E-state index is 0.530. The molecule has 0 aliphatic carbocycles. The summed E-state index contributed by atoms with van der Waals surface area (Å²) in [6, 6.07) is 8.17. The Labute approximate surface area is 119 Å². The summed E-state index contributed by atoms with van der Waals surface area (Å²) in [4.78, 5) is 7.95. The summed E-state index contributed by atoms with van der Waals surface area (Å²) in [5.74, 6) is 0. The van der Waals surface area contributed by atoms with Crippen LogP contribution in [0.1, 0.15) is 33.1 Å². The molecule has 1 aromatic heterocycles. The van der Waals surface area contributed by atoms with Gasteiger partial charge in [-0.2, -0.15) is 0 Å². The van der Waals surface area contributed by atoms with E-state index in [0.717, 1.165) is 29.3 Å². The van der Waals surface area contributed by atoms with E-state index in [-0.39, 0.29) is 0 Å². The SMILES string of the molecule is CCCCCNCC(C)Sc1nc2ccccc2[nH]1. The highest BCUT2D eigenvalue weighted by Crippen LogP contribution is 2.22. The fraction of sp³-hybridized carbons (Fsp3) is 0.533. The summed E-state index contributed by atoms with van der Waals surface area (Å²) in [5.41, 5.74) is 2.17. The van der Waals surface area contributed by atoms with E-state index >= 15 is 0 Å². The molecule has 19 heavy (non-hydrogen) atoms. The molecule has 0 aliphatic rings. The van der Waals surface area contributed by atoms with Gasteiger partial charge in [-0.25, -0.2) is 4.98 Å². The molecule has 2 N–H and O–H groups in total. The van der Waals surface area contributed by atoms with E-state index in [1.807, 2.05) is 18.2 Å². The minimum atomic E-state index is 0.530. The summed E-state index contributed by atoms with van der Waals surface area (Å²) in [5, 5.41) is 5.06. The van der Waals surface area contributed by atoms with E-state index in [0.29, 0.717) is 5.25 Å². The predicted molar refractivity (Wildman–Crippen MR) is 83.8 cm³/mol. The van der Waals surface area contributed by atoms with Gasteiger partial charge in [0.15, 0.2) is 5.16 Å². The molecule has 0 spiro atoms. The lowest BCUT2D eigenvalue weighted by Crippen LogP contribution is -2.23. The van der Waals surface area contributed by atoms with Gasteiger partial charge in [0.1, 0.15) is 0 Å². The van der Waals surface area contributed by atoms with Crippen molar-refractivity contribution in [1.82, 2.24) is 15.3 Å². The molecule has 4 heteroatoms. The highest BCUT2D eigenvalue weighted by atomic mass is 32.2. The van der Waals surface area contributed by atoms with Crippen molar-refractivity contribution in [3.05, 3.63) is 24.3 Å². The largest absolute Gasteiger partial charge is 0.333 e. The summed E-state index contributed by atoms with van der Waals surface area (Å²) in [6.07, 6.45) is 3.88. The maximum atomic E-state index is 4.59. The van der Waals surface area contributed by atoms with Gasteiger partial charge >= 0.3 is 0 Å². The number of H-pyrrole nitrogens is 1. The molecule has 2 rings (SSSR count). The molecular weight excluding hydrogens is 254 g/mol. The zero-order valence-corrected chi connectivity index (χ0v) is 12.6. The first-order valence-electron chi connectivity index (χ1n) is 7.11. The third kappa shape index (κ3) is 4.55. The Morgan fingerprint density at radius 3 is 2.95 bits per heavy atom. The molecule has 3 nitrogen and oxygen atoms in total. The molecule has 1 atom stereocenters. The number of nitrogens with one attached hydrogen (secondary N) is 2. The fourth-order valence-electron chi connectivity index (χ4n) is 2.02. The lowest BCUT2D eigenvalue weighted by Gasteiger charge is -2.10. The van der Waals surface area contributed by atoms with Gasteiger partial charge in [0.2, 0.25) is 0 Å². The standard InChI is InChI=1S/C15H23N3S/c1-3-4-7-10-16-11-12(2)19-15-17-13-8-5-6-9-14(13)18-15/h5-6,8-9,12,16H,3-4,7,10-11H2,1-2H3,(H,17,18). The second kappa shape index (κ2) is 7.56. The van der Waals surface area contributed by atoms with Crippen LogP contribution in [0.2, 0.25) is 0 Å². The van der Waals surface area contributed by atoms with Crippen LogP contribution in [-0.2, 0) is 0 Å². The summed E-state index contributed by atoms with van der Waals surface area (Å²) in [6.45, 7) is 6.63. The number of hydrogen-bond acceptors (Lipinski definition) is 3. The van der Waals surface area contributed by atoms with Crippen molar-refractivity contribution in [2.24, 2.45) is 0 Å². The number of benzene rings is 1. The van der Waals surface area contributed by atoms with Gasteiger partial charge in [-0.1, -0.05) is 50.6 Å². The number of fused-ring (bicyclic) bond motifs is 1. The molecule has 0 fully saturated rings. The monoisotopic (exact) mass is 277 g/mol. The second-order valence-electron chi connectivity index (χ2n) is 4.90.